The lowest BCUT2D eigenvalue weighted by molar-refractivity contribution is -0.159. The Morgan fingerprint density at radius 1 is 1.30 bits per heavy atom. The second-order valence-electron chi connectivity index (χ2n) is 5.81. The minimum Gasteiger partial charge on any atom is -0.454 e. The summed E-state index contributed by atoms with van der Waals surface area (Å²) in [5, 5.41) is 2.35. The largest absolute Gasteiger partial charge is 0.454 e. The fourth-order valence-corrected chi connectivity index (χ4v) is 3.13. The highest BCUT2D eigenvalue weighted by Gasteiger charge is 2.51. The number of carbonyl (C=O) groups excluding carboxylic acids is 4. The fraction of sp³-hybridized carbons (Fsp3) is 0.625. The van der Waals surface area contributed by atoms with Crippen LogP contribution in [0.3, 0.4) is 0 Å². The summed E-state index contributed by atoms with van der Waals surface area (Å²) in [6.45, 7) is 0.987. The molecule has 1 aliphatic carbocycles. The molecule has 124 valence electrons. The van der Waals surface area contributed by atoms with E-state index >= 15 is 0 Å². The molecule has 23 heavy (non-hydrogen) atoms. The molecule has 0 aromatic carbocycles. The lowest BCUT2D eigenvalue weighted by Crippen LogP contribution is -2.45. The van der Waals surface area contributed by atoms with Gasteiger partial charge in [-0.15, -0.1) is 6.42 Å². The average molecular weight is 320 g/mol. The molecule has 0 aromatic rings. The summed E-state index contributed by atoms with van der Waals surface area (Å²) >= 11 is 0. The zero-order valence-electron chi connectivity index (χ0n) is 13.0. The van der Waals surface area contributed by atoms with Crippen molar-refractivity contribution in [2.75, 3.05) is 13.2 Å². The molecule has 0 unspecified atom stereocenters. The topological polar surface area (TPSA) is 92.8 Å². The molecule has 3 atom stereocenters. The maximum Gasteiger partial charge on any atom is 0.329 e. The Balaban J connectivity index is 1.94. The molecule has 2 rings (SSSR count). The summed E-state index contributed by atoms with van der Waals surface area (Å²) < 4.78 is 4.86. The number of hydrogen-bond acceptors (Lipinski definition) is 5. The Kier molecular flexibility index (Phi) is 5.37. The van der Waals surface area contributed by atoms with Crippen LogP contribution in [0.15, 0.2) is 0 Å². The van der Waals surface area contributed by atoms with E-state index in [1.807, 2.05) is 0 Å². The molecule has 0 aromatic heterocycles. The molecular formula is C16H20N2O5. The van der Waals surface area contributed by atoms with E-state index in [2.05, 4.69) is 11.2 Å². The van der Waals surface area contributed by atoms with Crippen LogP contribution < -0.4 is 5.32 Å². The average Bonchev–Trinajstić information content (AvgIpc) is 2.81. The van der Waals surface area contributed by atoms with Gasteiger partial charge in [-0.05, 0) is 19.8 Å². The summed E-state index contributed by atoms with van der Waals surface area (Å²) in [5.74, 6) is -0.322. The smallest absolute Gasteiger partial charge is 0.329 e. The number of hydrogen-bond donors (Lipinski definition) is 1. The monoisotopic (exact) mass is 320 g/mol. The number of imide groups is 1. The molecule has 1 saturated heterocycles. The van der Waals surface area contributed by atoms with Crippen molar-refractivity contribution in [3.63, 3.8) is 0 Å². The second-order valence-corrected chi connectivity index (χ2v) is 5.81. The predicted molar refractivity (Wildman–Crippen MR) is 79.6 cm³/mol. The number of nitrogens with one attached hydrogen (secondary N) is 1. The quantitative estimate of drug-likeness (QED) is 0.432. The van der Waals surface area contributed by atoms with Crippen LogP contribution in [0.5, 0.6) is 0 Å². The van der Waals surface area contributed by atoms with Crippen LogP contribution in [0, 0.1) is 24.2 Å². The van der Waals surface area contributed by atoms with Crippen LogP contribution in [0.25, 0.3) is 0 Å². The molecule has 1 heterocycles. The Hall–Kier alpha value is -2.36. The molecule has 1 N–H and O–H groups in total. The number of nitrogens with zero attached hydrogens (tertiary/aromatic N) is 1. The van der Waals surface area contributed by atoms with Gasteiger partial charge in [0.15, 0.2) is 6.61 Å². The van der Waals surface area contributed by atoms with E-state index in [0.717, 1.165) is 17.7 Å². The van der Waals surface area contributed by atoms with Crippen molar-refractivity contribution in [1.82, 2.24) is 10.2 Å². The SMILES string of the molecule is C#CCNC(=O)COC(=O)[C@H](C)N1C(=O)[C@H]2CCCC[C@@H]2C1=O. The molecule has 0 spiro atoms. The third kappa shape index (κ3) is 3.52. The number of esters is 1. The van der Waals surface area contributed by atoms with E-state index in [0.29, 0.717) is 12.8 Å². The summed E-state index contributed by atoms with van der Waals surface area (Å²) in [4.78, 5) is 49.1. The standard InChI is InChI=1S/C16H20N2O5/c1-3-8-17-13(19)9-23-16(22)10(2)18-14(20)11-6-4-5-7-12(11)15(18)21/h1,10-12H,4-9H2,2H3,(H,17,19)/t10-,11-,12-/m0/s1. The molecule has 3 amide bonds. The number of terminal acetylenes is 1. The minimum atomic E-state index is -1.03. The van der Waals surface area contributed by atoms with Gasteiger partial charge in [-0.25, -0.2) is 4.79 Å². The van der Waals surface area contributed by atoms with Gasteiger partial charge >= 0.3 is 5.97 Å². The highest BCUT2D eigenvalue weighted by atomic mass is 16.5. The van der Waals surface area contributed by atoms with Crippen LogP contribution >= 0.6 is 0 Å². The van der Waals surface area contributed by atoms with Gasteiger partial charge in [-0.2, -0.15) is 0 Å². The van der Waals surface area contributed by atoms with Gasteiger partial charge in [0.25, 0.3) is 5.91 Å². The summed E-state index contributed by atoms with van der Waals surface area (Å²) in [7, 11) is 0. The van der Waals surface area contributed by atoms with Crippen LogP contribution in [0.1, 0.15) is 32.6 Å². The molecule has 1 aliphatic heterocycles. The van der Waals surface area contributed by atoms with E-state index in [-0.39, 0.29) is 30.2 Å². The van der Waals surface area contributed by atoms with Gasteiger partial charge in [0.2, 0.25) is 11.8 Å². The van der Waals surface area contributed by atoms with Crippen molar-refractivity contribution in [2.24, 2.45) is 11.8 Å². The van der Waals surface area contributed by atoms with Crippen molar-refractivity contribution in [3.05, 3.63) is 0 Å². The summed E-state index contributed by atoms with van der Waals surface area (Å²) in [6, 6.07) is -1.03. The second kappa shape index (κ2) is 7.27. The molecule has 7 heteroatoms. The lowest BCUT2D eigenvalue weighted by atomic mass is 9.81. The Bertz CT molecular complexity index is 541. The van der Waals surface area contributed by atoms with E-state index in [1.165, 1.54) is 6.92 Å². The van der Waals surface area contributed by atoms with Crippen molar-refractivity contribution < 1.29 is 23.9 Å². The first-order chi connectivity index (χ1) is 11.0. The number of amides is 3. The number of rotatable bonds is 5. The molecule has 0 bridgehead atoms. The highest BCUT2D eigenvalue weighted by Crippen LogP contribution is 2.38. The summed E-state index contributed by atoms with van der Waals surface area (Å²) in [5.41, 5.74) is 0. The number of likely N-dealkylation sites (tertiary alicyclic amines) is 1. The van der Waals surface area contributed by atoms with E-state index in [1.54, 1.807) is 0 Å². The van der Waals surface area contributed by atoms with Crippen LogP contribution in [-0.2, 0) is 23.9 Å². The third-order valence-electron chi connectivity index (χ3n) is 4.34. The zero-order valence-corrected chi connectivity index (χ0v) is 13.0. The Morgan fingerprint density at radius 3 is 2.39 bits per heavy atom. The van der Waals surface area contributed by atoms with Gasteiger partial charge in [-0.3, -0.25) is 19.3 Å². The molecule has 2 fully saturated rings. The maximum absolute atomic E-state index is 12.4. The van der Waals surface area contributed by atoms with Crippen LogP contribution in [0.2, 0.25) is 0 Å². The number of ether oxygens (including phenoxy) is 1. The van der Waals surface area contributed by atoms with Gasteiger partial charge in [0.1, 0.15) is 6.04 Å². The Labute approximate surface area is 134 Å². The fourth-order valence-electron chi connectivity index (χ4n) is 3.13. The Morgan fingerprint density at radius 2 is 1.87 bits per heavy atom. The zero-order chi connectivity index (χ0) is 17.0. The van der Waals surface area contributed by atoms with Crippen molar-refractivity contribution in [1.29, 1.82) is 0 Å². The normalized spacial score (nSPS) is 24.6. The molecule has 0 radical (unpaired) electrons. The van der Waals surface area contributed by atoms with Crippen molar-refractivity contribution >= 4 is 23.7 Å². The first-order valence-corrected chi connectivity index (χ1v) is 7.71. The van der Waals surface area contributed by atoms with Crippen LogP contribution in [-0.4, -0.2) is 47.8 Å². The lowest BCUT2D eigenvalue weighted by Gasteiger charge is -2.21. The highest BCUT2D eigenvalue weighted by molar-refractivity contribution is 6.07. The summed E-state index contributed by atoms with van der Waals surface area (Å²) in [6.07, 6.45) is 8.20. The molecule has 7 nitrogen and oxygen atoms in total. The van der Waals surface area contributed by atoms with Gasteiger partial charge < -0.3 is 10.1 Å². The molecular weight excluding hydrogens is 300 g/mol. The maximum atomic E-state index is 12.4. The molecule has 2 aliphatic rings. The predicted octanol–water partition coefficient (Wildman–Crippen LogP) is -0.157. The van der Waals surface area contributed by atoms with Crippen molar-refractivity contribution in [3.8, 4) is 12.3 Å². The first kappa shape index (κ1) is 17.0. The van der Waals surface area contributed by atoms with Gasteiger partial charge in [0.05, 0.1) is 18.4 Å². The van der Waals surface area contributed by atoms with Gasteiger partial charge in [-0.1, -0.05) is 18.8 Å². The van der Waals surface area contributed by atoms with Crippen molar-refractivity contribution in [2.45, 2.75) is 38.6 Å². The minimum absolute atomic E-state index is 0.0401. The van der Waals surface area contributed by atoms with E-state index in [9.17, 15) is 19.2 Å². The first-order valence-electron chi connectivity index (χ1n) is 7.71. The van der Waals surface area contributed by atoms with E-state index in [4.69, 9.17) is 11.2 Å². The van der Waals surface area contributed by atoms with E-state index < -0.39 is 24.5 Å². The van der Waals surface area contributed by atoms with Crippen LogP contribution in [0.4, 0.5) is 0 Å². The third-order valence-corrected chi connectivity index (χ3v) is 4.34. The number of fused-ring (bicyclic) bond motifs is 1. The van der Waals surface area contributed by atoms with Gasteiger partial charge in [0, 0.05) is 0 Å². The molecule has 1 saturated carbocycles. The number of carbonyl (C=O) groups is 4.